The highest BCUT2D eigenvalue weighted by Crippen LogP contribution is 2.47. The topological polar surface area (TPSA) is 57.5 Å². The minimum atomic E-state index is -1.02. The van der Waals surface area contributed by atoms with Crippen LogP contribution in [0, 0.1) is 17.3 Å². The molecule has 100 valence electrons. The summed E-state index contributed by atoms with van der Waals surface area (Å²) in [5.74, 6) is -1.07. The molecule has 0 spiro atoms. The maximum atomic E-state index is 11.4. The van der Waals surface area contributed by atoms with E-state index in [9.17, 15) is 15.0 Å². The van der Waals surface area contributed by atoms with Crippen LogP contribution in [0.2, 0.25) is 0 Å². The van der Waals surface area contributed by atoms with Gasteiger partial charge in [0.1, 0.15) is 0 Å². The fraction of sp³-hybridized carbons (Fsp3) is 0.929. The van der Waals surface area contributed by atoms with Crippen LogP contribution in [0.4, 0.5) is 0 Å². The van der Waals surface area contributed by atoms with Crippen molar-refractivity contribution in [1.82, 2.24) is 0 Å². The van der Waals surface area contributed by atoms with Crippen LogP contribution in [-0.2, 0) is 4.79 Å². The van der Waals surface area contributed by atoms with Gasteiger partial charge in [-0.1, -0.05) is 34.1 Å². The first-order chi connectivity index (χ1) is 7.70. The molecule has 3 atom stereocenters. The highest BCUT2D eigenvalue weighted by atomic mass is 16.4. The zero-order valence-corrected chi connectivity index (χ0v) is 11.5. The van der Waals surface area contributed by atoms with Crippen molar-refractivity contribution in [3.8, 4) is 0 Å². The molecule has 3 heteroatoms. The van der Waals surface area contributed by atoms with E-state index in [4.69, 9.17) is 0 Å². The summed E-state index contributed by atoms with van der Waals surface area (Å²) >= 11 is 0. The molecule has 0 amide bonds. The maximum absolute atomic E-state index is 11.4. The first kappa shape index (κ1) is 14.5. The summed E-state index contributed by atoms with van der Waals surface area (Å²) in [5.41, 5.74) is -0.989. The predicted octanol–water partition coefficient (Wildman–Crippen LogP) is 3.06. The van der Waals surface area contributed by atoms with Crippen molar-refractivity contribution < 1.29 is 15.0 Å². The van der Waals surface area contributed by atoms with Gasteiger partial charge < -0.3 is 10.2 Å². The molecule has 2 N–H and O–H groups in total. The SMILES string of the molecule is CCCC(C(=O)O)C1(O)CC(C)CC(C)(C)C1. The maximum Gasteiger partial charge on any atom is 0.309 e. The second-order valence-corrected chi connectivity index (χ2v) is 6.64. The molecule has 1 aliphatic rings. The largest absolute Gasteiger partial charge is 0.481 e. The van der Waals surface area contributed by atoms with Gasteiger partial charge in [-0.05, 0) is 37.0 Å². The van der Waals surface area contributed by atoms with E-state index in [-0.39, 0.29) is 5.41 Å². The Balaban J connectivity index is 2.93. The first-order valence-corrected chi connectivity index (χ1v) is 6.65. The number of carboxylic acid groups (broad SMARTS) is 1. The molecule has 0 aromatic carbocycles. The second kappa shape index (κ2) is 4.97. The Labute approximate surface area is 104 Å². The summed E-state index contributed by atoms with van der Waals surface area (Å²) in [7, 11) is 0. The second-order valence-electron chi connectivity index (χ2n) is 6.64. The van der Waals surface area contributed by atoms with Crippen molar-refractivity contribution in [3.05, 3.63) is 0 Å². The van der Waals surface area contributed by atoms with Crippen LogP contribution in [0.3, 0.4) is 0 Å². The van der Waals surface area contributed by atoms with Gasteiger partial charge in [-0.3, -0.25) is 4.79 Å². The average Bonchev–Trinajstić information content (AvgIpc) is 2.08. The molecule has 0 radical (unpaired) electrons. The average molecular weight is 242 g/mol. The highest BCUT2D eigenvalue weighted by molar-refractivity contribution is 5.71. The summed E-state index contributed by atoms with van der Waals surface area (Å²) in [5, 5.41) is 20.1. The summed E-state index contributed by atoms with van der Waals surface area (Å²) in [4.78, 5) is 11.4. The Hall–Kier alpha value is -0.570. The van der Waals surface area contributed by atoms with Gasteiger partial charge in [0.15, 0.2) is 0 Å². The van der Waals surface area contributed by atoms with Gasteiger partial charge in [0, 0.05) is 0 Å². The molecule has 17 heavy (non-hydrogen) atoms. The molecule has 0 saturated heterocycles. The third-order valence-corrected chi connectivity index (χ3v) is 3.91. The number of hydrogen-bond donors (Lipinski definition) is 2. The standard InChI is InChI=1S/C14H26O3/c1-5-6-11(12(15)16)14(17)8-10(2)7-13(3,4)9-14/h10-11,17H,5-9H2,1-4H3,(H,15,16). The Kier molecular flexibility index (Phi) is 4.23. The summed E-state index contributed by atoms with van der Waals surface area (Å²) in [6, 6.07) is 0. The fourth-order valence-corrected chi connectivity index (χ4v) is 3.77. The lowest BCUT2D eigenvalue weighted by Gasteiger charge is -2.47. The van der Waals surface area contributed by atoms with Crippen LogP contribution in [0.15, 0.2) is 0 Å². The normalized spacial score (nSPS) is 34.3. The molecule has 1 aliphatic carbocycles. The Morgan fingerprint density at radius 1 is 1.41 bits per heavy atom. The van der Waals surface area contributed by atoms with Crippen LogP contribution in [-0.4, -0.2) is 21.8 Å². The lowest BCUT2D eigenvalue weighted by Crippen LogP contribution is -2.50. The molecule has 3 nitrogen and oxygen atoms in total. The van der Waals surface area contributed by atoms with Crippen molar-refractivity contribution >= 4 is 5.97 Å². The van der Waals surface area contributed by atoms with Crippen LogP contribution in [0.1, 0.15) is 59.8 Å². The Bertz CT molecular complexity index is 285. The van der Waals surface area contributed by atoms with E-state index in [2.05, 4.69) is 20.8 Å². The third kappa shape index (κ3) is 3.44. The van der Waals surface area contributed by atoms with E-state index in [1.165, 1.54) is 0 Å². The van der Waals surface area contributed by atoms with Crippen molar-refractivity contribution in [2.24, 2.45) is 17.3 Å². The quantitative estimate of drug-likeness (QED) is 0.796. The lowest BCUT2D eigenvalue weighted by molar-refractivity contribution is -0.162. The Morgan fingerprint density at radius 3 is 2.41 bits per heavy atom. The van der Waals surface area contributed by atoms with Gasteiger partial charge in [-0.25, -0.2) is 0 Å². The summed E-state index contributed by atoms with van der Waals surface area (Å²) < 4.78 is 0. The van der Waals surface area contributed by atoms with Gasteiger partial charge in [-0.2, -0.15) is 0 Å². The molecule has 1 rings (SSSR count). The van der Waals surface area contributed by atoms with Crippen LogP contribution >= 0.6 is 0 Å². The van der Waals surface area contributed by atoms with E-state index in [0.29, 0.717) is 25.2 Å². The number of rotatable bonds is 4. The summed E-state index contributed by atoms with van der Waals surface area (Å²) in [6.45, 7) is 8.32. The number of aliphatic carboxylic acids is 1. The van der Waals surface area contributed by atoms with Crippen LogP contribution in [0.5, 0.6) is 0 Å². The minimum Gasteiger partial charge on any atom is -0.481 e. The van der Waals surface area contributed by atoms with Gasteiger partial charge in [0.2, 0.25) is 0 Å². The van der Waals surface area contributed by atoms with E-state index < -0.39 is 17.5 Å². The van der Waals surface area contributed by atoms with Gasteiger partial charge in [-0.15, -0.1) is 0 Å². The predicted molar refractivity (Wildman–Crippen MR) is 67.8 cm³/mol. The molecule has 1 fully saturated rings. The molecular weight excluding hydrogens is 216 g/mol. The Morgan fingerprint density at radius 2 is 2.00 bits per heavy atom. The molecule has 3 unspecified atom stereocenters. The van der Waals surface area contributed by atoms with Gasteiger partial charge >= 0.3 is 5.97 Å². The molecule has 0 aromatic heterocycles. The summed E-state index contributed by atoms with van der Waals surface area (Å²) in [6.07, 6.45) is 3.64. The molecule has 0 bridgehead atoms. The third-order valence-electron chi connectivity index (χ3n) is 3.91. The number of carboxylic acids is 1. The van der Waals surface area contributed by atoms with Crippen molar-refractivity contribution in [2.45, 2.75) is 65.4 Å². The van der Waals surface area contributed by atoms with Crippen molar-refractivity contribution in [1.29, 1.82) is 0 Å². The van der Waals surface area contributed by atoms with E-state index in [1.54, 1.807) is 0 Å². The molecular formula is C14H26O3. The van der Waals surface area contributed by atoms with Crippen molar-refractivity contribution in [2.75, 3.05) is 0 Å². The van der Waals surface area contributed by atoms with E-state index in [0.717, 1.165) is 12.8 Å². The fourth-order valence-electron chi connectivity index (χ4n) is 3.77. The van der Waals surface area contributed by atoms with Gasteiger partial charge in [0.25, 0.3) is 0 Å². The zero-order chi connectivity index (χ0) is 13.3. The smallest absolute Gasteiger partial charge is 0.309 e. The number of carbonyl (C=O) groups is 1. The van der Waals surface area contributed by atoms with Crippen LogP contribution < -0.4 is 0 Å². The van der Waals surface area contributed by atoms with E-state index in [1.807, 2.05) is 6.92 Å². The molecule has 0 heterocycles. The lowest BCUT2D eigenvalue weighted by atomic mass is 9.61. The molecule has 1 saturated carbocycles. The highest BCUT2D eigenvalue weighted by Gasteiger charge is 2.48. The monoisotopic (exact) mass is 242 g/mol. The van der Waals surface area contributed by atoms with Crippen LogP contribution in [0.25, 0.3) is 0 Å². The molecule has 0 aromatic rings. The number of hydrogen-bond acceptors (Lipinski definition) is 2. The van der Waals surface area contributed by atoms with Gasteiger partial charge in [0.05, 0.1) is 11.5 Å². The minimum absolute atomic E-state index is 0.0356. The van der Waals surface area contributed by atoms with Crippen molar-refractivity contribution in [3.63, 3.8) is 0 Å². The molecule has 0 aliphatic heterocycles. The zero-order valence-electron chi connectivity index (χ0n) is 11.5. The number of aliphatic hydroxyl groups is 1. The van der Waals surface area contributed by atoms with E-state index >= 15 is 0 Å². The first-order valence-electron chi connectivity index (χ1n) is 6.65.